The van der Waals surface area contributed by atoms with Crippen molar-refractivity contribution in [2.24, 2.45) is 0 Å². The minimum absolute atomic E-state index is 0.226. The number of nitrogens with zero attached hydrogens (tertiary/aromatic N) is 1. The Morgan fingerprint density at radius 2 is 1.48 bits per heavy atom. The maximum absolute atomic E-state index is 12.3. The summed E-state index contributed by atoms with van der Waals surface area (Å²) in [6.45, 7) is 1.58. The van der Waals surface area contributed by atoms with Gasteiger partial charge in [-0.1, -0.05) is 28.1 Å². The molecule has 0 aromatic heterocycles. The summed E-state index contributed by atoms with van der Waals surface area (Å²) in [5, 5.41) is 0. The molecule has 4 nitrogen and oxygen atoms in total. The van der Waals surface area contributed by atoms with E-state index in [-0.39, 0.29) is 5.78 Å². The average Bonchev–Trinajstić information content (AvgIpc) is 2.54. The molecule has 0 aliphatic carbocycles. The average molecular weight is 376 g/mol. The van der Waals surface area contributed by atoms with Crippen molar-refractivity contribution in [1.29, 1.82) is 0 Å². The highest BCUT2D eigenvalue weighted by atomic mass is 79.9. The van der Waals surface area contributed by atoms with Crippen LogP contribution in [-0.4, -0.2) is 32.0 Å². The second kappa shape index (κ2) is 7.42. The molecule has 0 bridgehead atoms. The molecule has 0 N–H and O–H groups in total. The predicted molar refractivity (Wildman–Crippen MR) is 94.1 cm³/mol. The van der Waals surface area contributed by atoms with Crippen molar-refractivity contribution in [3.63, 3.8) is 0 Å². The standard InChI is InChI=1S/C18H18BrNO3/c1-12(17(21)13-4-8-15(19)9-5-13)23-18(22)14-6-10-16(11-7-14)20(2)3/h4-12H,1-3H3/t12-/m1/s1. The summed E-state index contributed by atoms with van der Waals surface area (Å²) in [5.74, 6) is -0.732. The number of ether oxygens (including phenoxy) is 1. The van der Waals surface area contributed by atoms with Crippen LogP contribution in [0.4, 0.5) is 5.69 Å². The lowest BCUT2D eigenvalue weighted by Crippen LogP contribution is -2.24. The molecule has 120 valence electrons. The number of ketones is 1. The molecular weight excluding hydrogens is 358 g/mol. The van der Waals surface area contributed by atoms with E-state index in [0.29, 0.717) is 11.1 Å². The van der Waals surface area contributed by atoms with Gasteiger partial charge in [-0.2, -0.15) is 0 Å². The van der Waals surface area contributed by atoms with Crippen LogP contribution >= 0.6 is 15.9 Å². The van der Waals surface area contributed by atoms with Gasteiger partial charge in [0.15, 0.2) is 6.10 Å². The Morgan fingerprint density at radius 1 is 0.957 bits per heavy atom. The van der Waals surface area contributed by atoms with Crippen molar-refractivity contribution in [2.75, 3.05) is 19.0 Å². The third-order valence-electron chi connectivity index (χ3n) is 3.40. The largest absolute Gasteiger partial charge is 0.451 e. The van der Waals surface area contributed by atoms with E-state index in [4.69, 9.17) is 4.74 Å². The second-order valence-electron chi connectivity index (χ2n) is 5.36. The third-order valence-corrected chi connectivity index (χ3v) is 3.93. The first-order valence-corrected chi connectivity index (χ1v) is 7.96. The molecule has 23 heavy (non-hydrogen) atoms. The Morgan fingerprint density at radius 3 is 2.00 bits per heavy atom. The molecule has 0 aliphatic heterocycles. The van der Waals surface area contributed by atoms with Crippen molar-refractivity contribution >= 4 is 33.4 Å². The minimum Gasteiger partial charge on any atom is -0.451 e. The van der Waals surface area contributed by atoms with Gasteiger partial charge in [-0.25, -0.2) is 4.79 Å². The number of Topliss-reactive ketones (excluding diaryl/α,β-unsaturated/α-hetero) is 1. The Labute approximate surface area is 144 Å². The van der Waals surface area contributed by atoms with Gasteiger partial charge in [-0.3, -0.25) is 4.79 Å². The van der Waals surface area contributed by atoms with Gasteiger partial charge in [-0.05, 0) is 43.3 Å². The number of esters is 1. The first-order valence-electron chi connectivity index (χ1n) is 7.16. The van der Waals surface area contributed by atoms with Crippen molar-refractivity contribution < 1.29 is 14.3 Å². The van der Waals surface area contributed by atoms with Gasteiger partial charge in [-0.15, -0.1) is 0 Å². The molecule has 0 saturated heterocycles. The lowest BCUT2D eigenvalue weighted by Gasteiger charge is -2.14. The first kappa shape index (κ1) is 17.2. The van der Waals surface area contributed by atoms with Gasteiger partial charge >= 0.3 is 5.97 Å². The van der Waals surface area contributed by atoms with Crippen LogP contribution in [0, 0.1) is 0 Å². The second-order valence-corrected chi connectivity index (χ2v) is 6.28. The maximum atomic E-state index is 12.3. The van der Waals surface area contributed by atoms with Gasteiger partial charge in [0.05, 0.1) is 5.56 Å². The number of halogens is 1. The topological polar surface area (TPSA) is 46.6 Å². The zero-order chi connectivity index (χ0) is 17.0. The quantitative estimate of drug-likeness (QED) is 0.586. The van der Waals surface area contributed by atoms with Crippen LogP contribution in [0.15, 0.2) is 53.0 Å². The van der Waals surface area contributed by atoms with E-state index in [9.17, 15) is 9.59 Å². The van der Waals surface area contributed by atoms with Gasteiger partial charge in [0.1, 0.15) is 0 Å². The summed E-state index contributed by atoms with van der Waals surface area (Å²) in [7, 11) is 3.85. The van der Waals surface area contributed by atoms with Crippen LogP contribution in [0.2, 0.25) is 0 Å². The molecule has 0 heterocycles. The summed E-state index contributed by atoms with van der Waals surface area (Å²) >= 11 is 3.32. The number of hydrogen-bond acceptors (Lipinski definition) is 4. The van der Waals surface area contributed by atoms with Crippen molar-refractivity contribution in [1.82, 2.24) is 0 Å². The highest BCUT2D eigenvalue weighted by Gasteiger charge is 2.20. The smallest absolute Gasteiger partial charge is 0.338 e. The molecule has 1 atom stereocenters. The van der Waals surface area contributed by atoms with Gasteiger partial charge in [0, 0.05) is 29.8 Å². The first-order chi connectivity index (χ1) is 10.9. The number of carbonyl (C=O) groups is 2. The van der Waals surface area contributed by atoms with Crippen LogP contribution in [0.3, 0.4) is 0 Å². The van der Waals surface area contributed by atoms with Crippen molar-refractivity contribution in [3.05, 3.63) is 64.1 Å². The molecule has 2 rings (SSSR count). The number of rotatable bonds is 5. The van der Waals surface area contributed by atoms with E-state index in [1.165, 1.54) is 0 Å². The summed E-state index contributed by atoms with van der Waals surface area (Å²) in [5.41, 5.74) is 1.92. The lowest BCUT2D eigenvalue weighted by atomic mass is 10.1. The molecular formula is C18H18BrNO3. The van der Waals surface area contributed by atoms with Crippen LogP contribution in [0.5, 0.6) is 0 Å². The molecule has 0 amide bonds. The molecule has 0 radical (unpaired) electrons. The van der Waals surface area contributed by atoms with E-state index in [0.717, 1.165) is 10.2 Å². The SMILES string of the molecule is C[C@@H](OC(=O)c1ccc(N(C)C)cc1)C(=O)c1ccc(Br)cc1. The fourth-order valence-electron chi connectivity index (χ4n) is 2.03. The highest BCUT2D eigenvalue weighted by Crippen LogP contribution is 2.16. The summed E-state index contributed by atoms with van der Waals surface area (Å²) < 4.78 is 6.16. The van der Waals surface area contributed by atoms with E-state index in [1.54, 1.807) is 43.3 Å². The number of carbonyl (C=O) groups excluding carboxylic acids is 2. The Bertz CT molecular complexity index is 693. The summed E-state index contributed by atoms with van der Waals surface area (Å²) in [6, 6.07) is 14.0. The lowest BCUT2D eigenvalue weighted by molar-refractivity contribution is 0.0319. The van der Waals surface area contributed by atoms with Crippen LogP contribution in [0.1, 0.15) is 27.6 Å². The Hall–Kier alpha value is -2.14. The maximum Gasteiger partial charge on any atom is 0.338 e. The van der Waals surface area contributed by atoms with Gasteiger partial charge in [0.25, 0.3) is 0 Å². The van der Waals surface area contributed by atoms with Gasteiger partial charge in [0.2, 0.25) is 5.78 Å². The molecule has 5 heteroatoms. The minimum atomic E-state index is -0.836. The normalized spacial score (nSPS) is 11.7. The molecule has 0 spiro atoms. The molecule has 0 aliphatic rings. The Kier molecular flexibility index (Phi) is 5.55. The monoisotopic (exact) mass is 375 g/mol. The zero-order valence-electron chi connectivity index (χ0n) is 13.2. The molecule has 2 aromatic carbocycles. The van der Waals surface area contributed by atoms with Crippen LogP contribution < -0.4 is 4.90 Å². The summed E-state index contributed by atoms with van der Waals surface area (Å²) in [4.78, 5) is 26.3. The Balaban J connectivity index is 2.04. The number of anilines is 1. The van der Waals surface area contributed by atoms with E-state index in [1.807, 2.05) is 31.1 Å². The van der Waals surface area contributed by atoms with Crippen LogP contribution in [-0.2, 0) is 4.74 Å². The highest BCUT2D eigenvalue weighted by molar-refractivity contribution is 9.10. The van der Waals surface area contributed by atoms with Crippen LogP contribution in [0.25, 0.3) is 0 Å². The predicted octanol–water partition coefficient (Wildman–Crippen LogP) is 3.94. The van der Waals surface area contributed by atoms with E-state index in [2.05, 4.69) is 15.9 Å². The molecule has 0 unspecified atom stereocenters. The zero-order valence-corrected chi connectivity index (χ0v) is 14.8. The fourth-order valence-corrected chi connectivity index (χ4v) is 2.29. The van der Waals surface area contributed by atoms with Gasteiger partial charge < -0.3 is 9.64 Å². The molecule has 0 saturated carbocycles. The molecule has 0 fully saturated rings. The van der Waals surface area contributed by atoms with Crippen molar-refractivity contribution in [3.8, 4) is 0 Å². The fraction of sp³-hybridized carbons (Fsp3) is 0.222. The van der Waals surface area contributed by atoms with Crippen molar-refractivity contribution in [2.45, 2.75) is 13.0 Å². The van der Waals surface area contributed by atoms with E-state index >= 15 is 0 Å². The van der Waals surface area contributed by atoms with E-state index < -0.39 is 12.1 Å². The summed E-state index contributed by atoms with van der Waals surface area (Å²) in [6.07, 6.45) is -0.836. The third kappa shape index (κ3) is 4.42. The number of hydrogen-bond donors (Lipinski definition) is 0. The number of benzene rings is 2. The molecule has 2 aromatic rings.